The van der Waals surface area contributed by atoms with E-state index in [-0.39, 0.29) is 11.9 Å². The first-order chi connectivity index (χ1) is 21.2. The number of carbonyl (C=O) groups excluding carboxylic acids is 1. The highest BCUT2D eigenvalue weighted by molar-refractivity contribution is 5.85. The summed E-state index contributed by atoms with van der Waals surface area (Å²) in [6.07, 6.45) is 3.82. The second-order valence-electron chi connectivity index (χ2n) is 13.9. The van der Waals surface area contributed by atoms with E-state index < -0.39 is 0 Å². The van der Waals surface area contributed by atoms with E-state index in [1.807, 2.05) is 0 Å². The molecule has 5 rings (SSSR count). The molecule has 0 bridgehead atoms. The molecule has 1 amide bonds. The Labute approximate surface area is 266 Å². The molecule has 2 heterocycles. The van der Waals surface area contributed by atoms with Crippen LogP contribution in [-0.2, 0) is 17.6 Å². The number of piperazine rings is 2. The summed E-state index contributed by atoms with van der Waals surface area (Å²) in [4.78, 5) is 26.2. The molecule has 0 aromatic heterocycles. The van der Waals surface area contributed by atoms with Crippen LogP contribution in [0.2, 0.25) is 0 Å². The minimum atomic E-state index is 0.195. The summed E-state index contributed by atoms with van der Waals surface area (Å²) in [5, 5.41) is 2.43. The van der Waals surface area contributed by atoms with Crippen molar-refractivity contribution in [3.8, 4) is 0 Å². The molecule has 6 heteroatoms. The Morgan fingerprint density at radius 2 is 1.68 bits per heavy atom. The predicted octanol–water partition coefficient (Wildman–Crippen LogP) is 5.10. The molecule has 3 aromatic carbocycles. The second kappa shape index (κ2) is 15.0. The van der Waals surface area contributed by atoms with Gasteiger partial charge in [0.2, 0.25) is 5.91 Å². The normalized spacial score (nSPS) is 21.3. The fraction of sp³-hybridized carbons (Fsp3) is 0.553. The van der Waals surface area contributed by atoms with Crippen molar-refractivity contribution in [3.05, 3.63) is 82.9 Å². The third kappa shape index (κ3) is 8.48. The Bertz CT molecular complexity index is 1380. The standard InChI is InChI=1S/C38H55N5O/c1-29-13-15-34(30(2)22-29)25-37(39(4)5)27-42-26-31(3)43(28-36(42)12-9-17-41-20-18-40(6)19-21-41)38(44)24-32-14-16-33-10-7-8-11-35(33)23-32/h7-8,10-11,13-16,22-23,31,36-37H,9,12,17-21,24-28H2,1-6H3. The van der Waals surface area contributed by atoms with Crippen LogP contribution in [0, 0.1) is 13.8 Å². The average molecular weight is 598 g/mol. The fourth-order valence-corrected chi connectivity index (χ4v) is 7.21. The Hall–Kier alpha value is -2.77. The molecular formula is C38H55N5O. The van der Waals surface area contributed by atoms with Gasteiger partial charge in [-0.2, -0.15) is 0 Å². The van der Waals surface area contributed by atoms with Crippen molar-refractivity contribution in [2.75, 3.05) is 73.5 Å². The van der Waals surface area contributed by atoms with Crippen molar-refractivity contribution in [3.63, 3.8) is 0 Å². The van der Waals surface area contributed by atoms with Gasteiger partial charge in [0.05, 0.1) is 6.42 Å². The van der Waals surface area contributed by atoms with Gasteiger partial charge in [-0.05, 0) is 95.2 Å². The van der Waals surface area contributed by atoms with Crippen molar-refractivity contribution < 1.29 is 4.79 Å². The molecule has 0 N–H and O–H groups in total. The summed E-state index contributed by atoms with van der Waals surface area (Å²) in [6, 6.07) is 22.8. The molecule has 0 saturated carbocycles. The van der Waals surface area contributed by atoms with Crippen LogP contribution in [0.4, 0.5) is 0 Å². The number of hydrogen-bond acceptors (Lipinski definition) is 5. The highest BCUT2D eigenvalue weighted by atomic mass is 16.2. The maximum atomic E-state index is 13.8. The SMILES string of the molecule is Cc1ccc(CC(CN2CC(C)N(C(=O)Cc3ccc4ccccc4c3)CC2CCCN2CCN(C)CC2)N(C)C)c(C)c1. The van der Waals surface area contributed by atoms with Gasteiger partial charge in [0.15, 0.2) is 0 Å². The topological polar surface area (TPSA) is 33.3 Å². The number of carbonyl (C=O) groups is 1. The number of rotatable bonds is 11. The van der Waals surface area contributed by atoms with E-state index >= 15 is 0 Å². The van der Waals surface area contributed by atoms with Gasteiger partial charge >= 0.3 is 0 Å². The van der Waals surface area contributed by atoms with E-state index in [0.29, 0.717) is 18.5 Å². The third-order valence-corrected chi connectivity index (χ3v) is 10.2. The quantitative estimate of drug-likeness (QED) is 0.307. The number of fused-ring (bicyclic) bond motifs is 1. The molecule has 2 saturated heterocycles. The van der Waals surface area contributed by atoms with E-state index in [1.54, 1.807) is 0 Å². The number of hydrogen-bond donors (Lipinski definition) is 0. The van der Waals surface area contributed by atoms with Crippen molar-refractivity contribution in [1.82, 2.24) is 24.5 Å². The van der Waals surface area contributed by atoms with Gasteiger partial charge in [0, 0.05) is 63.9 Å². The van der Waals surface area contributed by atoms with Crippen molar-refractivity contribution >= 4 is 16.7 Å². The summed E-state index contributed by atoms with van der Waals surface area (Å²) in [7, 11) is 6.67. The lowest BCUT2D eigenvalue weighted by Gasteiger charge is -2.47. The summed E-state index contributed by atoms with van der Waals surface area (Å²) in [6.45, 7) is 15.2. The minimum Gasteiger partial charge on any atom is -0.337 e. The van der Waals surface area contributed by atoms with Gasteiger partial charge in [-0.15, -0.1) is 0 Å². The Morgan fingerprint density at radius 3 is 2.41 bits per heavy atom. The molecule has 2 aliphatic heterocycles. The number of likely N-dealkylation sites (N-methyl/N-ethyl adjacent to an activating group) is 2. The Morgan fingerprint density at radius 1 is 0.932 bits per heavy atom. The molecule has 0 spiro atoms. The van der Waals surface area contributed by atoms with Crippen LogP contribution in [0.25, 0.3) is 10.8 Å². The van der Waals surface area contributed by atoms with E-state index in [0.717, 1.165) is 70.8 Å². The monoisotopic (exact) mass is 597 g/mol. The maximum absolute atomic E-state index is 13.8. The van der Waals surface area contributed by atoms with Crippen LogP contribution in [0.1, 0.15) is 42.0 Å². The summed E-state index contributed by atoms with van der Waals surface area (Å²) >= 11 is 0. The van der Waals surface area contributed by atoms with E-state index in [9.17, 15) is 4.79 Å². The lowest BCUT2D eigenvalue weighted by molar-refractivity contribution is -0.137. The molecule has 6 nitrogen and oxygen atoms in total. The second-order valence-corrected chi connectivity index (χ2v) is 13.9. The summed E-state index contributed by atoms with van der Waals surface area (Å²) < 4.78 is 0. The summed E-state index contributed by atoms with van der Waals surface area (Å²) in [5.74, 6) is 0.260. The molecule has 44 heavy (non-hydrogen) atoms. The smallest absolute Gasteiger partial charge is 0.227 e. The van der Waals surface area contributed by atoms with Crippen LogP contribution >= 0.6 is 0 Å². The number of nitrogens with zero attached hydrogens (tertiary/aromatic N) is 5. The van der Waals surface area contributed by atoms with Gasteiger partial charge in [-0.1, -0.05) is 66.2 Å². The lowest BCUT2D eigenvalue weighted by Crippen LogP contribution is -2.61. The average Bonchev–Trinajstić information content (AvgIpc) is 2.99. The van der Waals surface area contributed by atoms with Crippen molar-refractivity contribution in [2.45, 2.75) is 64.6 Å². The first kappa shape index (κ1) is 32.6. The molecule has 3 unspecified atom stereocenters. The van der Waals surface area contributed by atoms with Gasteiger partial charge < -0.3 is 19.6 Å². The van der Waals surface area contributed by atoms with Crippen LogP contribution in [0.5, 0.6) is 0 Å². The van der Waals surface area contributed by atoms with Crippen molar-refractivity contribution in [1.29, 1.82) is 0 Å². The molecule has 2 fully saturated rings. The Kier molecular flexibility index (Phi) is 11.1. The van der Waals surface area contributed by atoms with Gasteiger partial charge in [0.1, 0.15) is 0 Å². The van der Waals surface area contributed by atoms with Crippen LogP contribution in [0.15, 0.2) is 60.7 Å². The molecular weight excluding hydrogens is 542 g/mol. The zero-order chi connectivity index (χ0) is 31.2. The first-order valence-corrected chi connectivity index (χ1v) is 16.8. The summed E-state index contributed by atoms with van der Waals surface area (Å²) in [5.41, 5.74) is 5.26. The van der Waals surface area contributed by atoms with Crippen molar-refractivity contribution in [2.24, 2.45) is 0 Å². The van der Waals surface area contributed by atoms with Crippen LogP contribution < -0.4 is 0 Å². The maximum Gasteiger partial charge on any atom is 0.227 e. The lowest BCUT2D eigenvalue weighted by atomic mass is 9.96. The van der Waals surface area contributed by atoms with Gasteiger partial charge in [0.25, 0.3) is 0 Å². The number of benzene rings is 3. The first-order valence-electron chi connectivity index (χ1n) is 16.8. The Balaban J connectivity index is 1.28. The highest BCUT2D eigenvalue weighted by Crippen LogP contribution is 2.24. The molecule has 2 aliphatic rings. The van der Waals surface area contributed by atoms with Crippen LogP contribution in [0.3, 0.4) is 0 Å². The fourth-order valence-electron chi connectivity index (χ4n) is 7.21. The molecule has 0 radical (unpaired) electrons. The zero-order valence-corrected chi connectivity index (χ0v) is 28.1. The van der Waals surface area contributed by atoms with E-state index in [1.165, 1.54) is 33.9 Å². The van der Waals surface area contributed by atoms with E-state index in [2.05, 4.69) is 127 Å². The molecule has 3 atom stereocenters. The van der Waals surface area contributed by atoms with Gasteiger partial charge in [-0.25, -0.2) is 0 Å². The molecule has 238 valence electrons. The largest absolute Gasteiger partial charge is 0.337 e. The molecule has 3 aromatic rings. The van der Waals surface area contributed by atoms with Gasteiger partial charge in [-0.3, -0.25) is 9.69 Å². The minimum absolute atomic E-state index is 0.195. The zero-order valence-electron chi connectivity index (χ0n) is 28.1. The van der Waals surface area contributed by atoms with E-state index in [4.69, 9.17) is 0 Å². The number of aryl methyl sites for hydroxylation is 2. The molecule has 0 aliphatic carbocycles. The number of amides is 1. The third-order valence-electron chi connectivity index (χ3n) is 10.2. The van der Waals surface area contributed by atoms with Crippen LogP contribution in [-0.4, -0.2) is 122 Å². The predicted molar refractivity (Wildman–Crippen MR) is 184 cm³/mol. The highest BCUT2D eigenvalue weighted by Gasteiger charge is 2.35.